The van der Waals surface area contributed by atoms with Gasteiger partial charge in [0.2, 0.25) is 0 Å². The number of ether oxygens (including phenoxy) is 2. The molecular weight excluding hydrogens is 302 g/mol. The molecular formula is C16H21NO6. The first-order valence-electron chi connectivity index (χ1n) is 7.43. The molecule has 1 rings (SSSR count). The highest BCUT2D eigenvalue weighted by Crippen LogP contribution is 2.14. The fraction of sp³-hybridized carbons (Fsp3) is 0.500. The summed E-state index contributed by atoms with van der Waals surface area (Å²) in [6.45, 7) is 4.23. The maximum atomic E-state index is 11.6. The zero-order valence-electron chi connectivity index (χ0n) is 13.3. The lowest BCUT2D eigenvalue weighted by Gasteiger charge is -2.07. The maximum absolute atomic E-state index is 11.6. The maximum Gasteiger partial charge on any atom is 0.306 e. The third-order valence-electron chi connectivity index (χ3n) is 2.86. The van der Waals surface area contributed by atoms with E-state index in [0.29, 0.717) is 18.6 Å². The van der Waals surface area contributed by atoms with Crippen molar-refractivity contribution in [3.05, 3.63) is 39.9 Å². The van der Waals surface area contributed by atoms with Gasteiger partial charge in [0.25, 0.3) is 5.69 Å². The molecule has 0 unspecified atom stereocenters. The van der Waals surface area contributed by atoms with E-state index in [1.54, 1.807) is 6.07 Å². The molecule has 0 heterocycles. The number of esters is 2. The summed E-state index contributed by atoms with van der Waals surface area (Å²) in [5.41, 5.74) is 0.496. The fourth-order valence-corrected chi connectivity index (χ4v) is 1.70. The number of nitro benzene ring substituents is 1. The molecule has 7 heteroatoms. The van der Waals surface area contributed by atoms with Crippen LogP contribution in [0.25, 0.3) is 0 Å². The quantitative estimate of drug-likeness (QED) is 0.394. The Kier molecular flexibility index (Phi) is 7.73. The predicted octanol–water partition coefficient (Wildman–Crippen LogP) is 3.01. The second-order valence-corrected chi connectivity index (χ2v) is 5.52. The molecule has 1 aromatic rings. The van der Waals surface area contributed by atoms with E-state index >= 15 is 0 Å². The summed E-state index contributed by atoms with van der Waals surface area (Å²) >= 11 is 0. The number of carbonyl (C=O) groups excluding carboxylic acids is 2. The Morgan fingerprint density at radius 1 is 1.17 bits per heavy atom. The molecule has 0 saturated carbocycles. The van der Waals surface area contributed by atoms with Crippen LogP contribution in [-0.4, -0.2) is 23.5 Å². The Bertz CT molecular complexity index is 555. The second-order valence-electron chi connectivity index (χ2n) is 5.52. The molecule has 7 nitrogen and oxygen atoms in total. The van der Waals surface area contributed by atoms with Crippen molar-refractivity contribution < 1.29 is 24.0 Å². The van der Waals surface area contributed by atoms with Crippen molar-refractivity contribution in [2.75, 3.05) is 6.61 Å². The minimum atomic E-state index is -0.506. The molecule has 126 valence electrons. The lowest BCUT2D eigenvalue weighted by molar-refractivity contribution is -0.384. The van der Waals surface area contributed by atoms with Crippen LogP contribution in [0.1, 0.15) is 38.7 Å². The van der Waals surface area contributed by atoms with Crippen molar-refractivity contribution in [1.82, 2.24) is 0 Å². The Labute approximate surface area is 134 Å². The van der Waals surface area contributed by atoms with Gasteiger partial charge in [-0.1, -0.05) is 26.0 Å². The number of non-ortho nitro benzene ring substituents is 1. The topological polar surface area (TPSA) is 95.7 Å². The SMILES string of the molecule is CC(C)COC(=O)CCCC(=O)OCc1cccc([N+](=O)[O-])c1. The van der Waals surface area contributed by atoms with Crippen LogP contribution < -0.4 is 0 Å². The second kappa shape index (κ2) is 9.55. The van der Waals surface area contributed by atoms with Crippen LogP contribution in [-0.2, 0) is 25.7 Å². The molecule has 0 amide bonds. The minimum absolute atomic E-state index is 0.0295. The van der Waals surface area contributed by atoms with Crippen LogP contribution in [0.3, 0.4) is 0 Å². The predicted molar refractivity (Wildman–Crippen MR) is 82.5 cm³/mol. The molecule has 0 radical (unpaired) electrons. The average Bonchev–Trinajstić information content (AvgIpc) is 2.51. The number of nitrogens with zero attached hydrogens (tertiary/aromatic N) is 1. The van der Waals surface area contributed by atoms with Crippen LogP contribution in [0.5, 0.6) is 0 Å². The number of nitro groups is 1. The van der Waals surface area contributed by atoms with Gasteiger partial charge in [0.15, 0.2) is 0 Å². The Balaban J connectivity index is 2.25. The number of hydrogen-bond acceptors (Lipinski definition) is 6. The van der Waals surface area contributed by atoms with Crippen molar-refractivity contribution >= 4 is 17.6 Å². The highest BCUT2D eigenvalue weighted by molar-refractivity contribution is 5.72. The van der Waals surface area contributed by atoms with Gasteiger partial charge < -0.3 is 9.47 Å². The zero-order chi connectivity index (χ0) is 17.2. The highest BCUT2D eigenvalue weighted by Gasteiger charge is 2.10. The number of benzene rings is 1. The van der Waals surface area contributed by atoms with Gasteiger partial charge in [-0.15, -0.1) is 0 Å². The lowest BCUT2D eigenvalue weighted by Crippen LogP contribution is -2.11. The van der Waals surface area contributed by atoms with E-state index in [0.717, 1.165) is 0 Å². The molecule has 1 aromatic carbocycles. The summed E-state index contributed by atoms with van der Waals surface area (Å²) < 4.78 is 10.0. The van der Waals surface area contributed by atoms with E-state index in [1.807, 2.05) is 13.8 Å². The van der Waals surface area contributed by atoms with Crippen LogP contribution in [0, 0.1) is 16.0 Å². The fourth-order valence-electron chi connectivity index (χ4n) is 1.70. The van der Waals surface area contributed by atoms with E-state index in [1.165, 1.54) is 18.2 Å². The van der Waals surface area contributed by atoms with Gasteiger partial charge in [0.1, 0.15) is 6.61 Å². The van der Waals surface area contributed by atoms with E-state index in [-0.39, 0.29) is 37.0 Å². The van der Waals surface area contributed by atoms with Crippen molar-refractivity contribution in [2.45, 2.75) is 39.7 Å². The Morgan fingerprint density at radius 3 is 2.43 bits per heavy atom. The summed E-state index contributed by atoms with van der Waals surface area (Å²) in [6, 6.07) is 5.90. The molecule has 0 bridgehead atoms. The number of rotatable bonds is 9. The van der Waals surface area contributed by atoms with Gasteiger partial charge in [-0.05, 0) is 17.9 Å². The van der Waals surface area contributed by atoms with Crippen molar-refractivity contribution in [3.63, 3.8) is 0 Å². The summed E-state index contributed by atoms with van der Waals surface area (Å²) in [7, 11) is 0. The molecule has 0 saturated heterocycles. The van der Waals surface area contributed by atoms with Crippen molar-refractivity contribution in [1.29, 1.82) is 0 Å². The van der Waals surface area contributed by atoms with E-state index in [2.05, 4.69) is 0 Å². The monoisotopic (exact) mass is 323 g/mol. The van der Waals surface area contributed by atoms with E-state index in [4.69, 9.17) is 9.47 Å². The third-order valence-corrected chi connectivity index (χ3v) is 2.86. The summed E-state index contributed by atoms with van der Waals surface area (Å²) in [4.78, 5) is 33.1. The molecule has 0 aromatic heterocycles. The first kappa shape index (κ1) is 18.6. The summed E-state index contributed by atoms with van der Waals surface area (Å²) in [5.74, 6) is -0.503. The molecule has 0 spiro atoms. The Morgan fingerprint density at radius 2 is 1.83 bits per heavy atom. The van der Waals surface area contributed by atoms with E-state index < -0.39 is 10.9 Å². The standard InChI is InChI=1S/C16H21NO6/c1-12(2)10-22-15(18)7-4-8-16(19)23-11-13-5-3-6-14(9-13)17(20)21/h3,5-6,9,12H,4,7-8,10-11H2,1-2H3. The zero-order valence-corrected chi connectivity index (χ0v) is 13.3. The largest absolute Gasteiger partial charge is 0.465 e. The lowest BCUT2D eigenvalue weighted by atomic mass is 10.2. The normalized spacial score (nSPS) is 10.4. The van der Waals surface area contributed by atoms with Gasteiger partial charge in [0.05, 0.1) is 11.5 Å². The minimum Gasteiger partial charge on any atom is -0.465 e. The number of hydrogen-bond donors (Lipinski definition) is 0. The molecule has 0 aliphatic rings. The summed E-state index contributed by atoms with van der Waals surface area (Å²) in [6.07, 6.45) is 0.620. The van der Waals surface area contributed by atoms with Gasteiger partial charge >= 0.3 is 11.9 Å². The molecule has 0 aliphatic carbocycles. The van der Waals surface area contributed by atoms with Crippen LogP contribution in [0.15, 0.2) is 24.3 Å². The molecule has 23 heavy (non-hydrogen) atoms. The molecule has 0 aliphatic heterocycles. The van der Waals surface area contributed by atoms with Gasteiger partial charge in [-0.3, -0.25) is 19.7 Å². The van der Waals surface area contributed by atoms with Crippen molar-refractivity contribution in [3.8, 4) is 0 Å². The first-order valence-corrected chi connectivity index (χ1v) is 7.43. The van der Waals surface area contributed by atoms with Gasteiger partial charge in [-0.25, -0.2) is 0 Å². The Hall–Kier alpha value is -2.44. The van der Waals surface area contributed by atoms with Gasteiger partial charge in [-0.2, -0.15) is 0 Å². The highest BCUT2D eigenvalue weighted by atomic mass is 16.6. The van der Waals surface area contributed by atoms with Crippen molar-refractivity contribution in [2.24, 2.45) is 5.92 Å². The van der Waals surface area contributed by atoms with Gasteiger partial charge in [0, 0.05) is 25.0 Å². The van der Waals surface area contributed by atoms with Crippen LogP contribution >= 0.6 is 0 Å². The third kappa shape index (κ3) is 7.94. The summed E-state index contributed by atoms with van der Waals surface area (Å²) in [5, 5.41) is 10.6. The average molecular weight is 323 g/mol. The smallest absolute Gasteiger partial charge is 0.306 e. The van der Waals surface area contributed by atoms with E-state index in [9.17, 15) is 19.7 Å². The number of carbonyl (C=O) groups is 2. The first-order chi connectivity index (χ1) is 10.9. The molecule has 0 fully saturated rings. The van der Waals surface area contributed by atoms with Crippen LogP contribution in [0.4, 0.5) is 5.69 Å². The molecule has 0 atom stereocenters. The van der Waals surface area contributed by atoms with Crippen LogP contribution in [0.2, 0.25) is 0 Å². The molecule has 0 N–H and O–H groups in total.